The second kappa shape index (κ2) is 6.13. The van der Waals surface area contributed by atoms with Crippen LogP contribution in [0.1, 0.15) is 15.9 Å². The molecule has 0 aromatic heterocycles. The number of benzene rings is 2. The smallest absolute Gasteiger partial charge is 0.273 e. The highest BCUT2D eigenvalue weighted by atomic mass is 16.1. The first-order chi connectivity index (χ1) is 9.77. The summed E-state index contributed by atoms with van der Waals surface area (Å²) in [5, 5.41) is 9.08. The Labute approximate surface area is 117 Å². The Morgan fingerprint density at radius 1 is 0.950 bits per heavy atom. The normalized spacial score (nSPS) is 10.9. The number of nitriles is 1. The number of nitrogens with zero attached hydrogens (tertiary/aromatic N) is 2. The first-order valence-corrected chi connectivity index (χ1v) is 5.95. The third kappa shape index (κ3) is 2.63. The highest BCUT2D eigenvalue weighted by molar-refractivity contribution is 6.30. The van der Waals surface area contributed by atoms with Crippen LogP contribution in [0.4, 0.5) is 0 Å². The number of carbonyl (C=O) groups excluding carboxylic acids is 1. The molecule has 0 aliphatic rings. The van der Waals surface area contributed by atoms with E-state index >= 15 is 0 Å². The van der Waals surface area contributed by atoms with Crippen molar-refractivity contribution in [1.82, 2.24) is 0 Å². The lowest BCUT2D eigenvalue weighted by Gasteiger charge is -2.07. The molecule has 2 rings (SSSR count). The van der Waals surface area contributed by atoms with Crippen molar-refractivity contribution in [1.29, 1.82) is 5.26 Å². The Balaban J connectivity index is 2.62. The Hall–Kier alpha value is -3.17. The first kappa shape index (κ1) is 13.3. The standard InChI is InChI=1S/C17H10N2O/c1-19-15(12-18)16(13-8-4-2-5-9-13)17(20)14-10-6-3-7-11-14/h2-11H/b16-15+. The van der Waals surface area contributed by atoms with Crippen LogP contribution in [0.5, 0.6) is 0 Å². The Bertz CT molecular complexity index is 716. The number of carbonyl (C=O) groups is 1. The van der Waals surface area contributed by atoms with Crippen LogP contribution >= 0.6 is 0 Å². The molecule has 20 heavy (non-hydrogen) atoms. The second-order valence-corrected chi connectivity index (χ2v) is 4.01. The molecule has 2 aromatic carbocycles. The number of hydrogen-bond acceptors (Lipinski definition) is 2. The van der Waals surface area contributed by atoms with Crippen LogP contribution < -0.4 is 0 Å². The van der Waals surface area contributed by atoms with Gasteiger partial charge < -0.3 is 0 Å². The lowest BCUT2D eigenvalue weighted by Crippen LogP contribution is -2.04. The highest BCUT2D eigenvalue weighted by Gasteiger charge is 2.19. The molecule has 0 radical (unpaired) electrons. The zero-order chi connectivity index (χ0) is 14.4. The molecule has 0 amide bonds. The molecule has 0 aliphatic heterocycles. The fourth-order valence-electron chi connectivity index (χ4n) is 1.85. The Kier molecular flexibility index (Phi) is 4.07. The molecule has 0 heterocycles. The summed E-state index contributed by atoms with van der Waals surface area (Å²) < 4.78 is 0. The van der Waals surface area contributed by atoms with Gasteiger partial charge in [-0.15, -0.1) is 0 Å². The molecule has 0 aliphatic carbocycles. The van der Waals surface area contributed by atoms with E-state index in [0.29, 0.717) is 11.1 Å². The van der Waals surface area contributed by atoms with Gasteiger partial charge >= 0.3 is 0 Å². The van der Waals surface area contributed by atoms with E-state index < -0.39 is 0 Å². The van der Waals surface area contributed by atoms with Crippen LogP contribution in [0.15, 0.2) is 66.4 Å². The monoisotopic (exact) mass is 258 g/mol. The van der Waals surface area contributed by atoms with Crippen molar-refractivity contribution in [2.45, 2.75) is 0 Å². The molecule has 0 saturated carbocycles. The first-order valence-electron chi connectivity index (χ1n) is 5.95. The summed E-state index contributed by atoms with van der Waals surface area (Å²) in [4.78, 5) is 15.7. The molecule has 94 valence electrons. The average Bonchev–Trinajstić information content (AvgIpc) is 2.53. The molecule has 3 nitrogen and oxygen atoms in total. The zero-order valence-corrected chi connectivity index (χ0v) is 10.6. The van der Waals surface area contributed by atoms with Crippen LogP contribution in [0.2, 0.25) is 0 Å². The topological polar surface area (TPSA) is 45.2 Å². The van der Waals surface area contributed by atoms with Crippen molar-refractivity contribution in [2.24, 2.45) is 0 Å². The van der Waals surface area contributed by atoms with Crippen LogP contribution in [-0.4, -0.2) is 5.78 Å². The molecule has 0 fully saturated rings. The molecule has 0 bridgehead atoms. The van der Waals surface area contributed by atoms with Crippen LogP contribution in [0.3, 0.4) is 0 Å². The van der Waals surface area contributed by atoms with Crippen molar-refractivity contribution in [3.05, 3.63) is 88.9 Å². The summed E-state index contributed by atoms with van der Waals surface area (Å²) in [6.07, 6.45) is 0. The minimum Gasteiger partial charge on any atom is -0.290 e. The average molecular weight is 258 g/mol. The minimum atomic E-state index is -0.315. The maximum atomic E-state index is 12.6. The van der Waals surface area contributed by atoms with Gasteiger partial charge in [0.1, 0.15) is 0 Å². The summed E-state index contributed by atoms with van der Waals surface area (Å²) in [6, 6.07) is 19.3. The van der Waals surface area contributed by atoms with Crippen LogP contribution in [0.25, 0.3) is 10.4 Å². The van der Waals surface area contributed by atoms with Gasteiger partial charge in [-0.2, -0.15) is 0 Å². The summed E-state index contributed by atoms with van der Waals surface area (Å²) in [5.41, 5.74) is 0.996. The van der Waals surface area contributed by atoms with Crippen molar-refractivity contribution < 1.29 is 4.79 Å². The SMILES string of the molecule is [C-]#[N+]/C(C#N)=C(/C(=O)c1ccccc1)c1ccccc1. The van der Waals surface area contributed by atoms with Crippen molar-refractivity contribution in [2.75, 3.05) is 0 Å². The lowest BCUT2D eigenvalue weighted by molar-refractivity contribution is 0.105. The maximum absolute atomic E-state index is 12.6. The van der Waals surface area contributed by atoms with Crippen LogP contribution in [0, 0.1) is 17.9 Å². The fraction of sp³-hybridized carbons (Fsp3) is 0. The maximum Gasteiger partial charge on any atom is 0.273 e. The Morgan fingerprint density at radius 2 is 1.45 bits per heavy atom. The fourth-order valence-corrected chi connectivity index (χ4v) is 1.85. The van der Waals surface area contributed by atoms with Gasteiger partial charge in [0.2, 0.25) is 0 Å². The van der Waals surface area contributed by atoms with Crippen molar-refractivity contribution >= 4 is 11.4 Å². The second-order valence-electron chi connectivity index (χ2n) is 4.01. The van der Waals surface area contributed by atoms with E-state index in [1.165, 1.54) is 0 Å². The molecule has 2 aromatic rings. The van der Waals surface area contributed by atoms with Crippen molar-refractivity contribution in [3.8, 4) is 6.07 Å². The molecule has 0 unspecified atom stereocenters. The summed E-state index contributed by atoms with van der Waals surface area (Å²) in [6.45, 7) is 7.09. The van der Waals surface area contributed by atoms with E-state index in [2.05, 4.69) is 4.85 Å². The predicted molar refractivity (Wildman–Crippen MR) is 76.3 cm³/mol. The van der Waals surface area contributed by atoms with Crippen molar-refractivity contribution in [3.63, 3.8) is 0 Å². The van der Waals surface area contributed by atoms with Gasteiger partial charge in [-0.25, -0.2) is 10.1 Å². The molecule has 0 N–H and O–H groups in total. The van der Waals surface area contributed by atoms with E-state index in [9.17, 15) is 4.79 Å². The van der Waals surface area contributed by atoms with E-state index in [4.69, 9.17) is 11.8 Å². The predicted octanol–water partition coefficient (Wildman–Crippen LogP) is 3.72. The van der Waals surface area contributed by atoms with E-state index in [-0.39, 0.29) is 17.1 Å². The van der Waals surface area contributed by atoms with Gasteiger partial charge in [-0.3, -0.25) is 4.79 Å². The lowest BCUT2D eigenvalue weighted by atomic mass is 9.95. The molecular formula is C17H10N2O. The number of allylic oxidation sites excluding steroid dienone is 2. The summed E-state index contributed by atoms with van der Waals surface area (Å²) in [7, 11) is 0. The highest BCUT2D eigenvalue weighted by Crippen LogP contribution is 2.24. The van der Waals surface area contributed by atoms with Gasteiger partial charge in [-0.1, -0.05) is 60.7 Å². The number of ketones is 1. The van der Waals surface area contributed by atoms with Gasteiger partial charge in [0.05, 0.1) is 12.6 Å². The van der Waals surface area contributed by atoms with Gasteiger partial charge in [0.25, 0.3) is 5.70 Å². The zero-order valence-electron chi connectivity index (χ0n) is 10.6. The number of rotatable bonds is 3. The molecule has 3 heteroatoms. The number of hydrogen-bond donors (Lipinski definition) is 0. The molecule has 0 saturated heterocycles. The van der Waals surface area contributed by atoms with Gasteiger partial charge in [0, 0.05) is 11.1 Å². The molecule has 0 spiro atoms. The van der Waals surface area contributed by atoms with Gasteiger partial charge in [0.15, 0.2) is 5.78 Å². The third-order valence-corrected chi connectivity index (χ3v) is 2.78. The molecular weight excluding hydrogens is 248 g/mol. The quantitative estimate of drug-likeness (QED) is 0.364. The third-order valence-electron chi connectivity index (χ3n) is 2.78. The summed E-state index contributed by atoms with van der Waals surface area (Å²) >= 11 is 0. The largest absolute Gasteiger partial charge is 0.290 e. The number of Topliss-reactive ketones (excluding diaryl/α,β-unsaturated/α-hetero) is 1. The minimum absolute atomic E-state index is 0.148. The summed E-state index contributed by atoms with van der Waals surface area (Å²) in [5.74, 6) is -0.315. The van der Waals surface area contributed by atoms with E-state index in [1.54, 1.807) is 54.6 Å². The van der Waals surface area contributed by atoms with E-state index in [1.807, 2.05) is 12.1 Å². The van der Waals surface area contributed by atoms with Crippen LogP contribution in [-0.2, 0) is 0 Å². The van der Waals surface area contributed by atoms with Gasteiger partial charge in [-0.05, 0) is 5.56 Å². The molecule has 0 atom stereocenters. The van der Waals surface area contributed by atoms with E-state index in [0.717, 1.165) is 0 Å². The Morgan fingerprint density at radius 3 is 1.90 bits per heavy atom.